The van der Waals surface area contributed by atoms with Gasteiger partial charge in [0.2, 0.25) is 0 Å². The molecule has 5 N–H and O–H groups in total. The van der Waals surface area contributed by atoms with Gasteiger partial charge in [0.25, 0.3) is 0 Å². The lowest BCUT2D eigenvalue weighted by Gasteiger charge is -2.29. The maximum atomic E-state index is 6.72. The molecule has 0 amide bonds. The van der Waals surface area contributed by atoms with Gasteiger partial charge in [-0.1, -0.05) is 30.3 Å². The number of aryl methyl sites for hydroxylation is 1. The molecule has 0 fully saturated rings. The molecule has 2 heterocycles. The number of imidazole rings is 1. The number of thiazole rings is 1. The van der Waals surface area contributed by atoms with Crippen molar-refractivity contribution in [1.29, 1.82) is 0 Å². The zero-order valence-electron chi connectivity index (χ0n) is 13.9. The predicted molar refractivity (Wildman–Crippen MR) is 102 cm³/mol. The number of nitrogens with two attached hydrogens (primary N) is 2. The second-order valence-electron chi connectivity index (χ2n) is 6.13. The SMILES string of the molecule is Cc1ncc(-c2ccc(C(N)(CN)c3ccc4[nH]cnc4c3)cc2)s1. The molecule has 2 aromatic heterocycles. The largest absolute Gasteiger partial charge is 0.345 e. The van der Waals surface area contributed by atoms with E-state index in [1.54, 1.807) is 17.7 Å². The Kier molecular flexibility index (Phi) is 3.88. The lowest BCUT2D eigenvalue weighted by atomic mass is 9.83. The second kappa shape index (κ2) is 6.07. The molecule has 0 bridgehead atoms. The summed E-state index contributed by atoms with van der Waals surface area (Å²) in [5.74, 6) is 0. The van der Waals surface area contributed by atoms with Gasteiger partial charge in [0, 0.05) is 12.7 Å². The first-order chi connectivity index (χ1) is 12.1. The number of benzene rings is 2. The molecule has 0 saturated heterocycles. The van der Waals surface area contributed by atoms with Crippen molar-refractivity contribution in [2.24, 2.45) is 11.5 Å². The number of nitrogens with one attached hydrogen (secondary N) is 1. The quantitative estimate of drug-likeness (QED) is 0.527. The Morgan fingerprint density at radius 2 is 1.84 bits per heavy atom. The van der Waals surface area contributed by atoms with Crippen LogP contribution in [0.5, 0.6) is 0 Å². The summed E-state index contributed by atoms with van der Waals surface area (Å²) in [5.41, 5.74) is 17.0. The monoisotopic (exact) mass is 349 g/mol. The highest BCUT2D eigenvalue weighted by atomic mass is 32.1. The molecule has 4 aromatic rings. The van der Waals surface area contributed by atoms with E-state index in [9.17, 15) is 0 Å². The van der Waals surface area contributed by atoms with Crippen LogP contribution in [0, 0.1) is 6.92 Å². The molecule has 0 aliphatic rings. The average molecular weight is 349 g/mol. The standard InChI is InChI=1S/C19H19N5S/c1-12-22-9-18(25-12)13-2-4-14(5-3-13)19(21,10-20)15-6-7-16-17(8-15)24-11-23-16/h2-9,11H,10,20-21H2,1H3,(H,23,24). The molecule has 0 saturated carbocycles. The van der Waals surface area contributed by atoms with E-state index in [4.69, 9.17) is 11.5 Å². The Balaban J connectivity index is 1.74. The minimum Gasteiger partial charge on any atom is -0.345 e. The van der Waals surface area contributed by atoms with E-state index in [1.807, 2.05) is 43.5 Å². The van der Waals surface area contributed by atoms with Crippen molar-refractivity contribution in [2.45, 2.75) is 12.5 Å². The number of hydrogen-bond acceptors (Lipinski definition) is 5. The van der Waals surface area contributed by atoms with Crippen molar-refractivity contribution in [3.05, 3.63) is 71.1 Å². The number of H-pyrrole nitrogens is 1. The number of fused-ring (bicyclic) bond motifs is 1. The molecule has 6 heteroatoms. The third kappa shape index (κ3) is 2.74. The number of rotatable bonds is 4. The summed E-state index contributed by atoms with van der Waals surface area (Å²) in [6, 6.07) is 14.2. The van der Waals surface area contributed by atoms with E-state index >= 15 is 0 Å². The fraction of sp³-hybridized carbons (Fsp3) is 0.158. The van der Waals surface area contributed by atoms with Gasteiger partial charge in [-0.05, 0) is 35.7 Å². The first kappa shape index (κ1) is 16.0. The van der Waals surface area contributed by atoms with Crippen LogP contribution >= 0.6 is 11.3 Å². The number of aromatic nitrogens is 3. The zero-order chi connectivity index (χ0) is 17.4. The minimum atomic E-state index is -0.755. The summed E-state index contributed by atoms with van der Waals surface area (Å²) in [6.45, 7) is 2.31. The summed E-state index contributed by atoms with van der Waals surface area (Å²) < 4.78 is 0. The Morgan fingerprint density at radius 3 is 2.52 bits per heavy atom. The third-order valence-electron chi connectivity index (χ3n) is 4.56. The smallest absolute Gasteiger partial charge is 0.0931 e. The van der Waals surface area contributed by atoms with Crippen LogP contribution in [0.1, 0.15) is 16.1 Å². The molecule has 0 aliphatic carbocycles. The minimum absolute atomic E-state index is 0.307. The maximum absolute atomic E-state index is 6.72. The molecule has 5 nitrogen and oxygen atoms in total. The maximum Gasteiger partial charge on any atom is 0.0931 e. The summed E-state index contributed by atoms with van der Waals surface area (Å²) >= 11 is 1.68. The van der Waals surface area contributed by atoms with Crippen molar-refractivity contribution in [3.63, 3.8) is 0 Å². The lowest BCUT2D eigenvalue weighted by Crippen LogP contribution is -2.45. The molecule has 1 atom stereocenters. The highest BCUT2D eigenvalue weighted by Crippen LogP contribution is 2.31. The molecule has 4 rings (SSSR count). The van der Waals surface area contributed by atoms with Gasteiger partial charge in [-0.2, -0.15) is 0 Å². The fourth-order valence-electron chi connectivity index (χ4n) is 3.04. The molecule has 0 radical (unpaired) electrons. The first-order valence-electron chi connectivity index (χ1n) is 8.06. The van der Waals surface area contributed by atoms with E-state index in [-0.39, 0.29) is 0 Å². The lowest BCUT2D eigenvalue weighted by molar-refractivity contribution is 0.552. The molecule has 25 heavy (non-hydrogen) atoms. The molecular weight excluding hydrogens is 330 g/mol. The molecule has 1 unspecified atom stereocenters. The van der Waals surface area contributed by atoms with Crippen molar-refractivity contribution < 1.29 is 0 Å². The second-order valence-corrected chi connectivity index (χ2v) is 7.37. The zero-order valence-corrected chi connectivity index (χ0v) is 14.7. The first-order valence-corrected chi connectivity index (χ1v) is 8.88. The number of nitrogens with zero attached hydrogens (tertiary/aromatic N) is 2. The van der Waals surface area contributed by atoms with Crippen LogP contribution in [-0.4, -0.2) is 21.5 Å². The van der Waals surface area contributed by atoms with Crippen LogP contribution in [-0.2, 0) is 5.54 Å². The van der Waals surface area contributed by atoms with Crippen molar-refractivity contribution >= 4 is 22.4 Å². The number of hydrogen-bond donors (Lipinski definition) is 3. The molecule has 126 valence electrons. The average Bonchev–Trinajstić information content (AvgIpc) is 3.29. The molecule has 0 spiro atoms. The highest BCUT2D eigenvalue weighted by Gasteiger charge is 2.28. The van der Waals surface area contributed by atoms with Gasteiger partial charge < -0.3 is 16.5 Å². The Labute approximate surface area is 149 Å². The van der Waals surface area contributed by atoms with Gasteiger partial charge >= 0.3 is 0 Å². The van der Waals surface area contributed by atoms with E-state index in [1.165, 1.54) is 0 Å². The van der Waals surface area contributed by atoms with E-state index < -0.39 is 5.54 Å². The number of aromatic amines is 1. The summed E-state index contributed by atoms with van der Waals surface area (Å²) in [7, 11) is 0. The van der Waals surface area contributed by atoms with Gasteiger partial charge in [-0.15, -0.1) is 11.3 Å². The van der Waals surface area contributed by atoms with E-state index in [0.29, 0.717) is 6.54 Å². The van der Waals surface area contributed by atoms with Crippen LogP contribution in [0.25, 0.3) is 21.5 Å². The molecule has 0 aliphatic heterocycles. The Bertz CT molecular complexity index is 1020. The summed E-state index contributed by atoms with van der Waals surface area (Å²) in [4.78, 5) is 12.9. The van der Waals surface area contributed by atoms with Crippen molar-refractivity contribution in [3.8, 4) is 10.4 Å². The van der Waals surface area contributed by atoms with Crippen LogP contribution in [0.3, 0.4) is 0 Å². The van der Waals surface area contributed by atoms with Gasteiger partial charge in [0.05, 0.1) is 32.8 Å². The summed E-state index contributed by atoms with van der Waals surface area (Å²) in [6.07, 6.45) is 3.58. The summed E-state index contributed by atoms with van der Waals surface area (Å²) in [5, 5.41) is 1.06. The third-order valence-corrected chi connectivity index (χ3v) is 5.53. The van der Waals surface area contributed by atoms with Gasteiger partial charge in [0.1, 0.15) is 0 Å². The van der Waals surface area contributed by atoms with Crippen LogP contribution < -0.4 is 11.5 Å². The van der Waals surface area contributed by atoms with Crippen LogP contribution in [0.15, 0.2) is 55.0 Å². The Hall–Kier alpha value is -2.54. The normalized spacial score (nSPS) is 13.9. The molecular formula is C19H19N5S. The van der Waals surface area contributed by atoms with Gasteiger partial charge in [-0.3, -0.25) is 0 Å². The van der Waals surface area contributed by atoms with E-state index in [2.05, 4.69) is 27.1 Å². The predicted octanol–water partition coefficient (Wildman–Crippen LogP) is 3.16. The molecule has 2 aromatic carbocycles. The highest BCUT2D eigenvalue weighted by molar-refractivity contribution is 7.15. The van der Waals surface area contributed by atoms with Crippen LogP contribution in [0.4, 0.5) is 0 Å². The topological polar surface area (TPSA) is 93.6 Å². The van der Waals surface area contributed by atoms with Gasteiger partial charge in [0.15, 0.2) is 0 Å². The fourth-order valence-corrected chi connectivity index (χ4v) is 3.82. The van der Waals surface area contributed by atoms with E-state index in [0.717, 1.165) is 37.6 Å². The van der Waals surface area contributed by atoms with Crippen LogP contribution in [0.2, 0.25) is 0 Å². The van der Waals surface area contributed by atoms with Crippen molar-refractivity contribution in [2.75, 3.05) is 6.54 Å². The Morgan fingerprint density at radius 1 is 1.08 bits per heavy atom. The van der Waals surface area contributed by atoms with Gasteiger partial charge in [-0.25, -0.2) is 9.97 Å². The van der Waals surface area contributed by atoms with Crippen molar-refractivity contribution in [1.82, 2.24) is 15.0 Å².